The number of anilines is 1. The summed E-state index contributed by atoms with van der Waals surface area (Å²) in [4.78, 5) is 17.0. The second-order valence-electron chi connectivity index (χ2n) is 4.79. The van der Waals surface area contributed by atoms with Crippen LogP contribution in [0, 0.1) is 13.8 Å². The average Bonchev–Trinajstić information content (AvgIpc) is 2.35. The predicted molar refractivity (Wildman–Crippen MR) is 76.6 cm³/mol. The molecule has 20 heavy (non-hydrogen) atoms. The fourth-order valence-electron chi connectivity index (χ4n) is 1.69. The van der Waals surface area contributed by atoms with E-state index in [1.807, 2.05) is 39.8 Å². The molecule has 0 radical (unpaired) electrons. The molecule has 0 saturated carbocycles. The Kier molecular flexibility index (Phi) is 4.45. The van der Waals surface area contributed by atoms with Crippen molar-refractivity contribution in [2.45, 2.75) is 40.3 Å². The van der Waals surface area contributed by atoms with Gasteiger partial charge in [0.15, 0.2) is 0 Å². The molecule has 0 amide bonds. The number of ether oxygens (including phenoxy) is 1. The molecule has 2 aromatic rings. The lowest BCUT2D eigenvalue weighted by atomic mass is 10.4. The summed E-state index contributed by atoms with van der Waals surface area (Å²) in [5.74, 6) is 1.86. The van der Waals surface area contributed by atoms with Crippen LogP contribution in [0.4, 0.5) is 5.95 Å². The molecule has 2 aromatic heterocycles. The van der Waals surface area contributed by atoms with Crippen LogP contribution in [0.3, 0.4) is 0 Å². The van der Waals surface area contributed by atoms with Crippen molar-refractivity contribution in [3.05, 3.63) is 35.5 Å². The Morgan fingerprint density at radius 1 is 1.20 bits per heavy atom. The van der Waals surface area contributed by atoms with Crippen molar-refractivity contribution in [1.29, 1.82) is 0 Å². The van der Waals surface area contributed by atoms with Gasteiger partial charge in [-0.3, -0.25) is 0 Å². The summed E-state index contributed by atoms with van der Waals surface area (Å²) in [6.07, 6.45) is 1.82. The zero-order valence-corrected chi connectivity index (χ0v) is 12.2. The molecule has 2 rings (SSSR count). The molecule has 0 unspecified atom stereocenters. The average molecular weight is 273 g/mol. The molecule has 0 aliphatic heterocycles. The summed E-state index contributed by atoms with van der Waals surface area (Å²) < 4.78 is 5.59. The van der Waals surface area contributed by atoms with Gasteiger partial charge in [0.25, 0.3) is 0 Å². The van der Waals surface area contributed by atoms with E-state index in [4.69, 9.17) is 4.74 Å². The van der Waals surface area contributed by atoms with Gasteiger partial charge in [0.1, 0.15) is 5.82 Å². The molecule has 0 fully saturated rings. The van der Waals surface area contributed by atoms with Crippen molar-refractivity contribution < 1.29 is 4.74 Å². The summed E-state index contributed by atoms with van der Waals surface area (Å²) >= 11 is 0. The zero-order valence-electron chi connectivity index (χ0n) is 12.2. The van der Waals surface area contributed by atoms with Gasteiger partial charge in [0.2, 0.25) is 11.8 Å². The van der Waals surface area contributed by atoms with Crippen LogP contribution in [0.1, 0.15) is 31.1 Å². The fourth-order valence-corrected chi connectivity index (χ4v) is 1.69. The Labute approximate surface area is 118 Å². The van der Waals surface area contributed by atoms with Crippen molar-refractivity contribution in [2.24, 2.45) is 0 Å². The number of aryl methyl sites for hydroxylation is 2. The molecule has 106 valence electrons. The second-order valence-corrected chi connectivity index (χ2v) is 4.79. The SMILES string of the molecule is Cc1cc(OC(C)C)nc(NCc2ccnc(C)n2)n1. The predicted octanol–water partition coefficient (Wildman–Crippen LogP) is 2.28. The molecule has 2 heterocycles. The van der Waals surface area contributed by atoms with Crippen LogP contribution >= 0.6 is 0 Å². The maximum atomic E-state index is 5.59. The lowest BCUT2D eigenvalue weighted by Crippen LogP contribution is -2.11. The normalized spacial score (nSPS) is 10.7. The largest absolute Gasteiger partial charge is 0.475 e. The first-order chi connectivity index (χ1) is 9.52. The van der Waals surface area contributed by atoms with Gasteiger partial charge in [-0.2, -0.15) is 4.98 Å². The lowest BCUT2D eigenvalue weighted by molar-refractivity contribution is 0.232. The number of hydrogen-bond donors (Lipinski definition) is 1. The summed E-state index contributed by atoms with van der Waals surface area (Å²) in [7, 11) is 0. The van der Waals surface area contributed by atoms with Crippen molar-refractivity contribution in [3.8, 4) is 5.88 Å². The van der Waals surface area contributed by atoms with Crippen LogP contribution < -0.4 is 10.1 Å². The Morgan fingerprint density at radius 2 is 2.00 bits per heavy atom. The first-order valence-electron chi connectivity index (χ1n) is 6.57. The second kappa shape index (κ2) is 6.27. The molecule has 0 saturated heterocycles. The van der Waals surface area contributed by atoms with E-state index < -0.39 is 0 Å². The topological polar surface area (TPSA) is 72.8 Å². The van der Waals surface area contributed by atoms with Crippen LogP contribution in [0.2, 0.25) is 0 Å². The van der Waals surface area contributed by atoms with Crippen molar-refractivity contribution in [3.63, 3.8) is 0 Å². The van der Waals surface area contributed by atoms with E-state index in [-0.39, 0.29) is 6.10 Å². The first-order valence-corrected chi connectivity index (χ1v) is 6.57. The molecule has 0 aliphatic rings. The fraction of sp³-hybridized carbons (Fsp3) is 0.429. The first kappa shape index (κ1) is 14.2. The summed E-state index contributed by atoms with van der Waals surface area (Å²) in [5, 5.41) is 3.15. The third kappa shape index (κ3) is 4.15. The van der Waals surface area contributed by atoms with Crippen LogP contribution in [0.25, 0.3) is 0 Å². The third-order valence-corrected chi connectivity index (χ3v) is 2.45. The van der Waals surface area contributed by atoms with E-state index in [9.17, 15) is 0 Å². The summed E-state index contributed by atoms with van der Waals surface area (Å²) in [6, 6.07) is 3.68. The maximum Gasteiger partial charge on any atom is 0.226 e. The Hall–Kier alpha value is -2.24. The highest BCUT2D eigenvalue weighted by Crippen LogP contribution is 2.14. The highest BCUT2D eigenvalue weighted by atomic mass is 16.5. The Balaban J connectivity index is 2.07. The molecule has 6 heteroatoms. The molecule has 0 aliphatic carbocycles. The van der Waals surface area contributed by atoms with Crippen molar-refractivity contribution in [1.82, 2.24) is 19.9 Å². The molecule has 0 spiro atoms. The highest BCUT2D eigenvalue weighted by Gasteiger charge is 2.05. The van der Waals surface area contributed by atoms with E-state index in [0.717, 1.165) is 17.2 Å². The van der Waals surface area contributed by atoms with Crippen molar-refractivity contribution in [2.75, 3.05) is 5.32 Å². The van der Waals surface area contributed by atoms with Crippen LogP contribution in [0.15, 0.2) is 18.3 Å². The Morgan fingerprint density at radius 3 is 2.70 bits per heavy atom. The smallest absolute Gasteiger partial charge is 0.226 e. The van der Waals surface area contributed by atoms with Gasteiger partial charge >= 0.3 is 0 Å². The van der Waals surface area contributed by atoms with E-state index in [2.05, 4.69) is 25.3 Å². The molecular formula is C14H19N5O. The van der Waals surface area contributed by atoms with E-state index in [0.29, 0.717) is 18.4 Å². The summed E-state index contributed by atoms with van der Waals surface area (Å²) in [5.41, 5.74) is 1.76. The highest BCUT2D eigenvalue weighted by molar-refractivity contribution is 5.31. The number of rotatable bonds is 5. The molecule has 1 N–H and O–H groups in total. The molecular weight excluding hydrogens is 254 g/mol. The third-order valence-electron chi connectivity index (χ3n) is 2.45. The number of nitrogens with zero attached hydrogens (tertiary/aromatic N) is 4. The van der Waals surface area contributed by atoms with Gasteiger partial charge in [-0.1, -0.05) is 0 Å². The standard InChI is InChI=1S/C14H19N5O/c1-9(2)20-13-7-10(3)17-14(19-13)16-8-12-5-6-15-11(4)18-12/h5-7,9H,8H2,1-4H3,(H,16,17,19). The molecule has 0 aromatic carbocycles. The van der Waals surface area contributed by atoms with Gasteiger partial charge < -0.3 is 10.1 Å². The van der Waals surface area contributed by atoms with E-state index >= 15 is 0 Å². The number of aromatic nitrogens is 4. The lowest BCUT2D eigenvalue weighted by Gasteiger charge is -2.11. The quantitative estimate of drug-likeness (QED) is 0.901. The minimum atomic E-state index is 0.0849. The van der Waals surface area contributed by atoms with Crippen LogP contribution in [-0.2, 0) is 6.54 Å². The summed E-state index contributed by atoms with van der Waals surface area (Å²) in [6.45, 7) is 8.26. The van der Waals surface area contributed by atoms with E-state index in [1.165, 1.54) is 0 Å². The van der Waals surface area contributed by atoms with Crippen LogP contribution in [-0.4, -0.2) is 26.0 Å². The minimum Gasteiger partial charge on any atom is -0.475 e. The maximum absolute atomic E-state index is 5.59. The molecule has 0 atom stereocenters. The zero-order chi connectivity index (χ0) is 14.5. The van der Waals surface area contributed by atoms with Gasteiger partial charge in [-0.25, -0.2) is 15.0 Å². The van der Waals surface area contributed by atoms with Gasteiger partial charge in [-0.15, -0.1) is 0 Å². The number of nitrogens with one attached hydrogen (secondary N) is 1. The van der Waals surface area contributed by atoms with Gasteiger partial charge in [0, 0.05) is 18.0 Å². The van der Waals surface area contributed by atoms with Gasteiger partial charge in [-0.05, 0) is 33.8 Å². The number of hydrogen-bond acceptors (Lipinski definition) is 6. The Bertz CT molecular complexity index is 586. The van der Waals surface area contributed by atoms with Crippen molar-refractivity contribution >= 4 is 5.95 Å². The van der Waals surface area contributed by atoms with Crippen LogP contribution in [0.5, 0.6) is 5.88 Å². The monoisotopic (exact) mass is 273 g/mol. The molecule has 6 nitrogen and oxygen atoms in total. The van der Waals surface area contributed by atoms with E-state index in [1.54, 1.807) is 6.20 Å². The minimum absolute atomic E-state index is 0.0849. The molecule has 0 bridgehead atoms. The van der Waals surface area contributed by atoms with Gasteiger partial charge in [0.05, 0.1) is 18.3 Å².